The van der Waals surface area contributed by atoms with E-state index in [1.54, 1.807) is 43.6 Å². The van der Waals surface area contributed by atoms with Crippen molar-refractivity contribution < 1.29 is 13.9 Å². The molecule has 144 valence electrons. The number of halogens is 1. The number of benzene rings is 2. The van der Waals surface area contributed by atoms with Gasteiger partial charge in [-0.25, -0.2) is 4.39 Å². The van der Waals surface area contributed by atoms with Crippen LogP contribution in [0.1, 0.15) is 21.6 Å². The number of anilines is 1. The molecule has 1 heterocycles. The Kier molecular flexibility index (Phi) is 6.57. The molecule has 0 aliphatic rings. The Hall–Kier alpha value is -3.41. The van der Waals surface area contributed by atoms with Crippen molar-refractivity contribution in [2.45, 2.75) is 13.0 Å². The highest BCUT2D eigenvalue weighted by Gasteiger charge is 2.09. The van der Waals surface area contributed by atoms with Crippen molar-refractivity contribution in [2.24, 2.45) is 0 Å². The Morgan fingerprint density at radius 2 is 1.82 bits per heavy atom. The van der Waals surface area contributed by atoms with Gasteiger partial charge in [-0.05, 0) is 36.2 Å². The third-order valence-electron chi connectivity index (χ3n) is 4.31. The van der Waals surface area contributed by atoms with Gasteiger partial charge in [0.15, 0.2) is 0 Å². The third-order valence-corrected chi connectivity index (χ3v) is 4.31. The lowest BCUT2D eigenvalue weighted by atomic mass is 10.1. The summed E-state index contributed by atoms with van der Waals surface area (Å²) in [6.45, 7) is 0.791. The Balaban J connectivity index is 1.56. The lowest BCUT2D eigenvalue weighted by Gasteiger charge is -2.11. The number of carbonyl (C=O) groups is 1. The summed E-state index contributed by atoms with van der Waals surface area (Å²) >= 11 is 0. The summed E-state index contributed by atoms with van der Waals surface area (Å²) in [5.41, 5.74) is 2.61. The first-order chi connectivity index (χ1) is 13.7. The van der Waals surface area contributed by atoms with Gasteiger partial charge < -0.3 is 15.4 Å². The van der Waals surface area contributed by atoms with E-state index < -0.39 is 0 Å². The van der Waals surface area contributed by atoms with Crippen LogP contribution >= 0.6 is 0 Å². The first-order valence-electron chi connectivity index (χ1n) is 9.01. The SMILES string of the molecule is COc1ccccc1CCNc1ccnc(C(=O)NCc2ccccc2F)c1. The van der Waals surface area contributed by atoms with Crippen molar-refractivity contribution in [2.75, 3.05) is 19.0 Å². The predicted molar refractivity (Wildman–Crippen MR) is 107 cm³/mol. The van der Waals surface area contributed by atoms with Crippen molar-refractivity contribution in [1.29, 1.82) is 0 Å². The van der Waals surface area contributed by atoms with Crippen molar-refractivity contribution in [3.63, 3.8) is 0 Å². The third kappa shape index (κ3) is 5.07. The second-order valence-corrected chi connectivity index (χ2v) is 6.19. The van der Waals surface area contributed by atoms with Gasteiger partial charge in [-0.15, -0.1) is 0 Å². The lowest BCUT2D eigenvalue weighted by Crippen LogP contribution is -2.24. The highest BCUT2D eigenvalue weighted by atomic mass is 19.1. The van der Waals surface area contributed by atoms with E-state index in [0.717, 1.165) is 23.4 Å². The molecular weight excluding hydrogens is 357 g/mol. The maximum Gasteiger partial charge on any atom is 0.270 e. The fourth-order valence-electron chi connectivity index (χ4n) is 2.82. The van der Waals surface area contributed by atoms with Crippen molar-refractivity contribution >= 4 is 11.6 Å². The van der Waals surface area contributed by atoms with Crippen molar-refractivity contribution in [3.8, 4) is 5.75 Å². The molecule has 0 spiro atoms. The number of pyridine rings is 1. The maximum absolute atomic E-state index is 13.7. The minimum absolute atomic E-state index is 0.110. The fourth-order valence-corrected chi connectivity index (χ4v) is 2.82. The molecule has 28 heavy (non-hydrogen) atoms. The molecule has 0 aliphatic carbocycles. The second kappa shape index (κ2) is 9.50. The number of carbonyl (C=O) groups excluding carboxylic acids is 1. The Morgan fingerprint density at radius 1 is 1.07 bits per heavy atom. The van der Waals surface area contributed by atoms with E-state index in [-0.39, 0.29) is 24.0 Å². The second-order valence-electron chi connectivity index (χ2n) is 6.19. The summed E-state index contributed by atoms with van der Waals surface area (Å²) in [6.07, 6.45) is 2.35. The molecule has 6 heteroatoms. The van der Waals surface area contributed by atoms with Crippen LogP contribution in [0, 0.1) is 5.82 Å². The molecule has 0 saturated carbocycles. The number of amides is 1. The number of aromatic nitrogens is 1. The molecule has 0 fully saturated rings. The summed E-state index contributed by atoms with van der Waals surface area (Å²) in [5, 5.41) is 5.98. The minimum Gasteiger partial charge on any atom is -0.496 e. The highest BCUT2D eigenvalue weighted by molar-refractivity contribution is 5.93. The van der Waals surface area contributed by atoms with E-state index in [0.29, 0.717) is 12.1 Å². The fraction of sp³-hybridized carbons (Fsp3) is 0.182. The topological polar surface area (TPSA) is 63.2 Å². The summed E-state index contributed by atoms with van der Waals surface area (Å²) in [7, 11) is 1.65. The predicted octanol–water partition coefficient (Wildman–Crippen LogP) is 3.81. The molecule has 1 amide bonds. The Labute approximate surface area is 163 Å². The van der Waals surface area contributed by atoms with E-state index in [2.05, 4.69) is 15.6 Å². The van der Waals surface area contributed by atoms with E-state index in [9.17, 15) is 9.18 Å². The van der Waals surface area contributed by atoms with Gasteiger partial charge in [0.1, 0.15) is 17.3 Å². The van der Waals surface area contributed by atoms with Crippen molar-refractivity contribution in [1.82, 2.24) is 10.3 Å². The van der Waals surface area contributed by atoms with Gasteiger partial charge >= 0.3 is 0 Å². The van der Waals surface area contributed by atoms with Gasteiger partial charge in [-0.2, -0.15) is 0 Å². The van der Waals surface area contributed by atoms with E-state index in [1.165, 1.54) is 6.07 Å². The molecule has 5 nitrogen and oxygen atoms in total. The first-order valence-corrected chi connectivity index (χ1v) is 9.01. The number of para-hydroxylation sites is 1. The van der Waals surface area contributed by atoms with Crippen LogP contribution in [0.15, 0.2) is 66.9 Å². The zero-order chi connectivity index (χ0) is 19.8. The molecular formula is C22H22FN3O2. The molecule has 0 saturated heterocycles. The summed E-state index contributed by atoms with van der Waals surface area (Å²) in [5.74, 6) is 0.159. The quantitative estimate of drug-likeness (QED) is 0.625. The number of hydrogen-bond donors (Lipinski definition) is 2. The zero-order valence-electron chi connectivity index (χ0n) is 15.6. The van der Waals surface area contributed by atoms with Crippen LogP contribution in [0.3, 0.4) is 0 Å². The smallest absolute Gasteiger partial charge is 0.270 e. The number of nitrogens with zero attached hydrogens (tertiary/aromatic N) is 1. The van der Waals surface area contributed by atoms with Crippen LogP contribution in [-0.2, 0) is 13.0 Å². The lowest BCUT2D eigenvalue weighted by molar-refractivity contribution is 0.0945. The molecule has 2 N–H and O–H groups in total. The number of methoxy groups -OCH3 is 1. The molecule has 0 unspecified atom stereocenters. The molecule has 3 rings (SSSR count). The number of ether oxygens (including phenoxy) is 1. The van der Waals surface area contributed by atoms with Crippen molar-refractivity contribution in [3.05, 3.63) is 89.5 Å². The van der Waals surface area contributed by atoms with E-state index >= 15 is 0 Å². The highest BCUT2D eigenvalue weighted by Crippen LogP contribution is 2.18. The van der Waals surface area contributed by atoms with Crippen LogP contribution in [0.4, 0.5) is 10.1 Å². The van der Waals surface area contributed by atoms with E-state index in [4.69, 9.17) is 4.74 Å². The maximum atomic E-state index is 13.7. The Bertz CT molecular complexity index is 946. The molecule has 0 bridgehead atoms. The summed E-state index contributed by atoms with van der Waals surface area (Å²) < 4.78 is 19.0. The van der Waals surface area contributed by atoms with Gasteiger partial charge in [-0.1, -0.05) is 36.4 Å². The standard InChI is InChI=1S/C22H22FN3O2/c1-28-21-9-5-3-6-16(21)10-12-24-18-11-13-25-20(14-18)22(27)26-15-17-7-2-4-8-19(17)23/h2-9,11,13-14H,10,12,15H2,1H3,(H,24,25)(H,26,27). The number of nitrogens with one attached hydrogen (secondary N) is 2. The average Bonchev–Trinajstić information content (AvgIpc) is 2.73. The van der Waals surface area contributed by atoms with Gasteiger partial charge in [-0.3, -0.25) is 9.78 Å². The van der Waals surface area contributed by atoms with E-state index in [1.807, 2.05) is 24.3 Å². The summed E-state index contributed by atoms with van der Waals surface area (Å²) in [6, 6.07) is 17.7. The van der Waals surface area contributed by atoms with Gasteiger partial charge in [0.05, 0.1) is 7.11 Å². The van der Waals surface area contributed by atoms with Crippen LogP contribution < -0.4 is 15.4 Å². The molecule has 0 aliphatic heterocycles. The van der Waals surface area contributed by atoms with Gasteiger partial charge in [0.2, 0.25) is 0 Å². The molecule has 0 radical (unpaired) electrons. The molecule has 3 aromatic rings. The monoisotopic (exact) mass is 379 g/mol. The van der Waals surface area contributed by atoms with Crippen LogP contribution in [0.25, 0.3) is 0 Å². The minimum atomic E-state index is -0.350. The molecule has 1 aromatic heterocycles. The normalized spacial score (nSPS) is 10.4. The number of rotatable bonds is 8. The van der Waals surface area contributed by atoms with Gasteiger partial charge in [0.25, 0.3) is 5.91 Å². The number of hydrogen-bond acceptors (Lipinski definition) is 4. The van der Waals surface area contributed by atoms with Crippen LogP contribution in [-0.4, -0.2) is 24.5 Å². The zero-order valence-corrected chi connectivity index (χ0v) is 15.6. The molecule has 0 atom stereocenters. The Morgan fingerprint density at radius 3 is 2.61 bits per heavy atom. The first kappa shape index (κ1) is 19.4. The molecule has 2 aromatic carbocycles. The summed E-state index contributed by atoms with van der Waals surface area (Å²) in [4.78, 5) is 16.4. The van der Waals surface area contributed by atoms with Crippen LogP contribution in [0.5, 0.6) is 5.75 Å². The van der Waals surface area contributed by atoms with Crippen LogP contribution in [0.2, 0.25) is 0 Å². The van der Waals surface area contributed by atoms with Gasteiger partial charge in [0, 0.05) is 30.5 Å². The average molecular weight is 379 g/mol. The largest absolute Gasteiger partial charge is 0.496 e.